The number of esters is 1. The summed E-state index contributed by atoms with van der Waals surface area (Å²) in [5.74, 6) is -6.77. The van der Waals surface area contributed by atoms with Crippen LogP contribution < -0.4 is 0 Å². The van der Waals surface area contributed by atoms with Crippen LogP contribution >= 0.6 is 0 Å². The molecule has 1 fully saturated rings. The van der Waals surface area contributed by atoms with Gasteiger partial charge in [-0.05, 0) is 52.9 Å². The number of halogens is 18. The van der Waals surface area contributed by atoms with E-state index in [0.29, 0.717) is 0 Å². The monoisotopic (exact) mass is 808 g/mol. The minimum absolute atomic E-state index is 0.110. The first-order valence-electron chi connectivity index (χ1n) is 14.0. The van der Waals surface area contributed by atoms with Crippen molar-refractivity contribution in [2.75, 3.05) is 13.2 Å². The second-order valence-corrected chi connectivity index (χ2v) is 11.2. The first kappa shape index (κ1) is 51.2. The van der Waals surface area contributed by atoms with Gasteiger partial charge in [0.1, 0.15) is 11.1 Å². The highest BCUT2D eigenvalue weighted by Gasteiger charge is 2.78. The van der Waals surface area contributed by atoms with Gasteiger partial charge >= 0.3 is 48.6 Å². The minimum atomic E-state index is -6.37. The molecule has 4 atom stereocenters. The van der Waals surface area contributed by atoms with Crippen LogP contribution in [0.3, 0.4) is 0 Å². The Balaban J connectivity index is 0. The van der Waals surface area contributed by atoms with Crippen molar-refractivity contribution in [2.45, 2.75) is 108 Å². The Morgan fingerprint density at radius 1 is 0.769 bits per heavy atom. The van der Waals surface area contributed by atoms with Gasteiger partial charge in [0.2, 0.25) is 0 Å². The highest BCUT2D eigenvalue weighted by atomic mass is 19.4. The van der Waals surface area contributed by atoms with Gasteiger partial charge in [0, 0.05) is 12.5 Å². The number of rotatable bonds is 10. The van der Waals surface area contributed by atoms with E-state index in [0.717, 1.165) is 20.1 Å². The number of carbonyl (C=O) groups excluding carboxylic acids is 1. The lowest BCUT2D eigenvalue weighted by Crippen LogP contribution is -2.66. The molecule has 0 aromatic rings. The molecule has 1 rings (SSSR count). The third kappa shape index (κ3) is 16.4. The van der Waals surface area contributed by atoms with Gasteiger partial charge in [0.25, 0.3) is 0 Å². The fourth-order valence-electron chi connectivity index (χ4n) is 4.29. The molecule has 1 saturated carbocycles. The summed E-state index contributed by atoms with van der Waals surface area (Å²) in [7, 11) is 0. The highest BCUT2D eigenvalue weighted by Crippen LogP contribution is 2.56. The molecule has 4 unspecified atom stereocenters. The molecule has 0 saturated heterocycles. The molecule has 1 aliphatic rings. The third-order valence-electron chi connectivity index (χ3n) is 6.76. The molecule has 6 nitrogen and oxygen atoms in total. The van der Waals surface area contributed by atoms with Crippen molar-refractivity contribution in [3.63, 3.8) is 0 Å². The minimum Gasteiger partial charge on any atom is -0.492 e. The van der Waals surface area contributed by atoms with E-state index in [9.17, 15) is 88.9 Å². The fourth-order valence-corrected chi connectivity index (χ4v) is 4.29. The SMILES string of the molecule is C=C(C(=O)OC(C1CC(OC(C)OCC)CC(C(C)(C)O)C1)(C(F)(F)F)C(F)(F)F)C(F)(F)F.C=C(C(F)(F)F)C(F)(F)F.C=COCC(F)(F)F. The van der Waals surface area contributed by atoms with E-state index in [-0.39, 0.29) is 13.0 Å². The average Bonchev–Trinajstić information content (AvgIpc) is 2.90. The molecule has 0 aromatic heterocycles. The Morgan fingerprint density at radius 2 is 1.19 bits per heavy atom. The van der Waals surface area contributed by atoms with Gasteiger partial charge in [0.05, 0.1) is 18.0 Å². The predicted molar refractivity (Wildman–Crippen MR) is 143 cm³/mol. The molecular weight excluding hydrogens is 774 g/mol. The van der Waals surface area contributed by atoms with E-state index < -0.39 is 109 Å². The van der Waals surface area contributed by atoms with Gasteiger partial charge in [0.15, 0.2) is 12.9 Å². The van der Waals surface area contributed by atoms with Crippen LogP contribution in [-0.4, -0.2) is 84.9 Å². The van der Waals surface area contributed by atoms with Crippen LogP contribution in [0.15, 0.2) is 37.1 Å². The summed E-state index contributed by atoms with van der Waals surface area (Å²) < 4.78 is 241. The van der Waals surface area contributed by atoms with Gasteiger partial charge < -0.3 is 24.1 Å². The second kappa shape index (κ2) is 18.4. The summed E-state index contributed by atoms with van der Waals surface area (Å²) in [6, 6.07) is 0. The zero-order chi connectivity index (χ0) is 42.1. The molecule has 24 heteroatoms. The lowest BCUT2D eigenvalue weighted by atomic mass is 9.66. The van der Waals surface area contributed by atoms with Crippen molar-refractivity contribution in [3.8, 4) is 0 Å². The van der Waals surface area contributed by atoms with E-state index in [1.54, 1.807) is 6.92 Å². The maximum absolute atomic E-state index is 14.1. The number of alkyl halides is 18. The largest absolute Gasteiger partial charge is 0.492 e. The Hall–Kier alpha value is -2.89. The number of hydrogen-bond donors (Lipinski definition) is 1. The summed E-state index contributed by atoms with van der Waals surface area (Å²) in [4.78, 5) is 11.8. The van der Waals surface area contributed by atoms with E-state index in [2.05, 4.69) is 22.6 Å². The second-order valence-electron chi connectivity index (χ2n) is 11.2. The molecule has 1 aliphatic carbocycles. The van der Waals surface area contributed by atoms with Crippen molar-refractivity contribution in [2.24, 2.45) is 11.8 Å². The molecule has 0 aromatic carbocycles. The van der Waals surface area contributed by atoms with Crippen molar-refractivity contribution < 1.29 is 108 Å². The van der Waals surface area contributed by atoms with E-state index in [1.807, 2.05) is 6.58 Å². The van der Waals surface area contributed by atoms with Gasteiger partial charge in [-0.2, -0.15) is 79.0 Å². The topological polar surface area (TPSA) is 74.2 Å². The Bertz CT molecular complexity index is 1130. The molecule has 0 heterocycles. The maximum Gasteiger partial charge on any atom is 0.437 e. The van der Waals surface area contributed by atoms with Crippen molar-refractivity contribution in [3.05, 3.63) is 37.1 Å². The van der Waals surface area contributed by atoms with Gasteiger partial charge in [-0.1, -0.05) is 19.7 Å². The molecule has 0 radical (unpaired) electrons. The Morgan fingerprint density at radius 3 is 1.46 bits per heavy atom. The summed E-state index contributed by atoms with van der Waals surface area (Å²) in [6.45, 7) is 11.1. The summed E-state index contributed by atoms with van der Waals surface area (Å²) in [6.07, 6.45) is -37.1. The molecule has 1 N–H and O–H groups in total. The lowest BCUT2D eigenvalue weighted by Gasteiger charge is -2.48. The number of allylic oxidation sites excluding steroid dienone is 1. The number of hydrogen-bond acceptors (Lipinski definition) is 6. The molecule has 0 amide bonds. The average molecular weight is 809 g/mol. The van der Waals surface area contributed by atoms with Gasteiger partial charge in [-0.3, -0.25) is 0 Å². The van der Waals surface area contributed by atoms with Crippen LogP contribution in [-0.2, 0) is 23.7 Å². The molecular formula is C28H34F18O6. The Labute approximate surface area is 284 Å². The van der Waals surface area contributed by atoms with Crippen LogP contribution in [0.5, 0.6) is 0 Å². The predicted octanol–water partition coefficient (Wildman–Crippen LogP) is 9.84. The zero-order valence-corrected chi connectivity index (χ0v) is 27.3. The standard InChI is InChI=1S/C20H27F9O5.C4H2F6.C4H5F3O/c1-6-32-11(3)33-14-8-12(16(4,5)31)7-13(9-14)17(19(24,25)26,20(27,28)29)34-15(30)10(2)18(21,22)23;1-2(3(5,6)7)4(8,9)10;1-2-8-3-4(5,6)7/h11-14,31H,2,6-9H2,1,3-5H3;1H2;2H,1,3H2. The van der Waals surface area contributed by atoms with Crippen LogP contribution in [0, 0.1) is 11.8 Å². The normalized spacial score (nSPS) is 19.9. The summed E-state index contributed by atoms with van der Waals surface area (Å²) >= 11 is 0. The molecule has 308 valence electrons. The summed E-state index contributed by atoms with van der Waals surface area (Å²) in [5, 5.41) is 10.3. The van der Waals surface area contributed by atoms with Crippen molar-refractivity contribution >= 4 is 5.97 Å². The highest BCUT2D eigenvalue weighted by molar-refractivity contribution is 5.89. The first-order chi connectivity index (χ1) is 22.8. The summed E-state index contributed by atoms with van der Waals surface area (Å²) in [5.41, 5.74) is -12.3. The fraction of sp³-hybridized carbons (Fsp3) is 0.750. The van der Waals surface area contributed by atoms with Crippen LogP contribution in [0.25, 0.3) is 0 Å². The van der Waals surface area contributed by atoms with E-state index in [4.69, 9.17) is 9.47 Å². The molecule has 52 heavy (non-hydrogen) atoms. The molecule has 0 bridgehead atoms. The van der Waals surface area contributed by atoms with Crippen LogP contribution in [0.4, 0.5) is 79.0 Å². The first-order valence-corrected chi connectivity index (χ1v) is 14.0. The number of ether oxygens (including phenoxy) is 4. The molecule has 0 aliphatic heterocycles. The van der Waals surface area contributed by atoms with Crippen LogP contribution in [0.1, 0.15) is 47.0 Å². The van der Waals surface area contributed by atoms with E-state index >= 15 is 0 Å². The number of carbonyl (C=O) groups is 1. The molecule has 0 spiro atoms. The Kier molecular flexibility index (Phi) is 18.2. The van der Waals surface area contributed by atoms with Crippen molar-refractivity contribution in [1.29, 1.82) is 0 Å². The zero-order valence-electron chi connectivity index (χ0n) is 27.3. The lowest BCUT2D eigenvalue weighted by molar-refractivity contribution is -0.391. The van der Waals surface area contributed by atoms with E-state index in [1.165, 1.54) is 6.92 Å². The quantitative estimate of drug-likeness (QED) is 0.0592. The number of aliphatic hydroxyl groups is 1. The van der Waals surface area contributed by atoms with Gasteiger partial charge in [-0.15, -0.1) is 0 Å². The smallest absolute Gasteiger partial charge is 0.437 e. The maximum atomic E-state index is 14.1. The third-order valence-corrected chi connectivity index (χ3v) is 6.76. The van der Waals surface area contributed by atoms with Gasteiger partial charge in [-0.25, -0.2) is 4.79 Å². The van der Waals surface area contributed by atoms with Crippen molar-refractivity contribution in [1.82, 2.24) is 0 Å². The van der Waals surface area contributed by atoms with Crippen LogP contribution in [0.2, 0.25) is 0 Å².